The Morgan fingerprint density at radius 2 is 1.52 bits per heavy atom. The van der Waals surface area contributed by atoms with Crippen molar-refractivity contribution >= 4 is 9.84 Å². The third-order valence-corrected chi connectivity index (χ3v) is 5.60. The van der Waals surface area contributed by atoms with Gasteiger partial charge >= 0.3 is 0 Å². The Kier molecular flexibility index (Phi) is 4.49. The predicted octanol–water partition coefficient (Wildman–Crippen LogP) is 3.31. The summed E-state index contributed by atoms with van der Waals surface area (Å²) in [6.45, 7) is 5.41. The standard InChI is InChI=1S/C17H20O3S/c1-12-8-10-15(11-9-12)21(19,20)17-7-5-4-6-16(17)13(2)14(3)18/h4-11,13-14,18H,1-3H3/t13-,14-/m0/s1. The summed E-state index contributed by atoms with van der Waals surface area (Å²) in [5, 5.41) is 9.78. The largest absolute Gasteiger partial charge is 0.393 e. The molecule has 0 unspecified atom stereocenters. The highest BCUT2D eigenvalue weighted by Crippen LogP contribution is 2.30. The van der Waals surface area contributed by atoms with Gasteiger partial charge in [0.1, 0.15) is 0 Å². The lowest BCUT2D eigenvalue weighted by Gasteiger charge is -2.19. The number of benzene rings is 2. The molecule has 112 valence electrons. The first-order valence-corrected chi connectivity index (χ1v) is 8.41. The van der Waals surface area contributed by atoms with Gasteiger partial charge in [0.25, 0.3) is 0 Å². The number of aliphatic hydroxyl groups is 1. The van der Waals surface area contributed by atoms with Crippen LogP contribution in [0, 0.1) is 6.92 Å². The van der Waals surface area contributed by atoms with E-state index in [1.807, 2.05) is 13.8 Å². The van der Waals surface area contributed by atoms with Crippen LogP contribution in [0.1, 0.15) is 30.9 Å². The normalized spacial score (nSPS) is 14.7. The zero-order chi connectivity index (χ0) is 15.6. The summed E-state index contributed by atoms with van der Waals surface area (Å²) < 4.78 is 25.6. The fraction of sp³-hybridized carbons (Fsp3) is 0.294. The van der Waals surface area contributed by atoms with Crippen molar-refractivity contribution < 1.29 is 13.5 Å². The van der Waals surface area contributed by atoms with E-state index in [-0.39, 0.29) is 15.7 Å². The Morgan fingerprint density at radius 3 is 2.10 bits per heavy atom. The van der Waals surface area contributed by atoms with Crippen LogP contribution in [0.25, 0.3) is 0 Å². The van der Waals surface area contributed by atoms with E-state index in [0.717, 1.165) is 5.56 Å². The fourth-order valence-electron chi connectivity index (χ4n) is 2.21. The number of rotatable bonds is 4. The second-order valence-corrected chi connectivity index (χ2v) is 7.30. The minimum Gasteiger partial charge on any atom is -0.393 e. The van der Waals surface area contributed by atoms with Crippen LogP contribution in [0.4, 0.5) is 0 Å². The Bertz CT molecular complexity index is 716. The van der Waals surface area contributed by atoms with Crippen LogP contribution >= 0.6 is 0 Å². The Balaban J connectivity index is 2.58. The van der Waals surface area contributed by atoms with Gasteiger partial charge in [-0.2, -0.15) is 0 Å². The van der Waals surface area contributed by atoms with Crippen LogP contribution in [0.5, 0.6) is 0 Å². The molecule has 0 amide bonds. The van der Waals surface area contributed by atoms with Gasteiger partial charge in [0.2, 0.25) is 9.84 Å². The number of sulfone groups is 1. The van der Waals surface area contributed by atoms with Gasteiger partial charge < -0.3 is 5.11 Å². The van der Waals surface area contributed by atoms with Crippen molar-refractivity contribution in [2.45, 2.75) is 42.6 Å². The number of hydrogen-bond acceptors (Lipinski definition) is 3. The highest BCUT2D eigenvalue weighted by Gasteiger charge is 2.24. The molecular formula is C17H20O3S. The van der Waals surface area contributed by atoms with Crippen LogP contribution in [0.3, 0.4) is 0 Å². The van der Waals surface area contributed by atoms with Gasteiger partial charge in [-0.15, -0.1) is 0 Å². The van der Waals surface area contributed by atoms with Crippen molar-refractivity contribution in [1.82, 2.24) is 0 Å². The Morgan fingerprint density at radius 1 is 0.952 bits per heavy atom. The average Bonchev–Trinajstić information content (AvgIpc) is 2.46. The van der Waals surface area contributed by atoms with Crippen LogP contribution in [0.15, 0.2) is 58.3 Å². The lowest BCUT2D eigenvalue weighted by Crippen LogP contribution is -2.15. The van der Waals surface area contributed by atoms with Gasteiger partial charge in [0.05, 0.1) is 15.9 Å². The highest BCUT2D eigenvalue weighted by atomic mass is 32.2. The smallest absolute Gasteiger partial charge is 0.206 e. The Labute approximate surface area is 126 Å². The first kappa shape index (κ1) is 15.7. The summed E-state index contributed by atoms with van der Waals surface area (Å²) in [5.41, 5.74) is 1.66. The molecule has 2 aromatic rings. The SMILES string of the molecule is Cc1ccc(S(=O)(=O)c2ccccc2[C@@H](C)[C@H](C)O)cc1. The maximum Gasteiger partial charge on any atom is 0.206 e. The van der Waals surface area contributed by atoms with E-state index < -0.39 is 15.9 Å². The van der Waals surface area contributed by atoms with E-state index in [9.17, 15) is 13.5 Å². The van der Waals surface area contributed by atoms with Crippen molar-refractivity contribution in [3.63, 3.8) is 0 Å². The van der Waals surface area contributed by atoms with E-state index in [1.54, 1.807) is 55.5 Å². The van der Waals surface area contributed by atoms with Crippen molar-refractivity contribution in [2.75, 3.05) is 0 Å². The van der Waals surface area contributed by atoms with Gasteiger partial charge in [-0.25, -0.2) is 8.42 Å². The maximum absolute atomic E-state index is 12.8. The number of aliphatic hydroxyl groups excluding tert-OH is 1. The number of hydrogen-bond donors (Lipinski definition) is 1. The van der Waals surface area contributed by atoms with Gasteiger partial charge in [0, 0.05) is 5.92 Å². The molecule has 4 heteroatoms. The predicted molar refractivity (Wildman–Crippen MR) is 83.2 cm³/mol. The summed E-state index contributed by atoms with van der Waals surface area (Å²) in [6, 6.07) is 13.7. The Hall–Kier alpha value is -1.65. The second-order valence-electron chi connectivity index (χ2n) is 5.38. The van der Waals surface area contributed by atoms with Crippen molar-refractivity contribution in [3.05, 3.63) is 59.7 Å². The monoisotopic (exact) mass is 304 g/mol. The van der Waals surface area contributed by atoms with Crippen molar-refractivity contribution in [2.24, 2.45) is 0 Å². The quantitative estimate of drug-likeness (QED) is 0.943. The van der Waals surface area contributed by atoms with E-state index in [2.05, 4.69) is 0 Å². The second kappa shape index (κ2) is 6.00. The van der Waals surface area contributed by atoms with E-state index in [0.29, 0.717) is 5.56 Å². The minimum absolute atomic E-state index is 0.249. The molecular weight excluding hydrogens is 284 g/mol. The lowest BCUT2D eigenvalue weighted by molar-refractivity contribution is 0.168. The molecule has 2 rings (SSSR count). The zero-order valence-electron chi connectivity index (χ0n) is 12.4. The summed E-state index contributed by atoms with van der Waals surface area (Å²) in [7, 11) is -3.58. The number of aryl methyl sites for hydroxylation is 1. The molecule has 0 radical (unpaired) electrons. The van der Waals surface area contributed by atoms with E-state index in [4.69, 9.17) is 0 Å². The molecule has 0 heterocycles. The molecule has 0 saturated carbocycles. The van der Waals surface area contributed by atoms with Crippen LogP contribution in [0.2, 0.25) is 0 Å². The lowest BCUT2D eigenvalue weighted by atomic mass is 9.96. The molecule has 0 fully saturated rings. The molecule has 0 aliphatic heterocycles. The van der Waals surface area contributed by atoms with Gasteiger partial charge in [-0.05, 0) is 37.6 Å². The van der Waals surface area contributed by atoms with Crippen molar-refractivity contribution in [1.29, 1.82) is 0 Å². The molecule has 0 aliphatic rings. The van der Waals surface area contributed by atoms with Gasteiger partial charge in [-0.3, -0.25) is 0 Å². The minimum atomic E-state index is -3.58. The first-order chi connectivity index (χ1) is 9.84. The molecule has 0 spiro atoms. The highest BCUT2D eigenvalue weighted by molar-refractivity contribution is 7.91. The maximum atomic E-state index is 12.8. The molecule has 1 N–H and O–H groups in total. The summed E-state index contributed by atoms with van der Waals surface area (Å²) in [6.07, 6.45) is -0.612. The summed E-state index contributed by atoms with van der Waals surface area (Å²) in [5.74, 6) is -0.249. The molecule has 0 saturated heterocycles. The fourth-order valence-corrected chi connectivity index (χ4v) is 3.78. The summed E-state index contributed by atoms with van der Waals surface area (Å²) >= 11 is 0. The molecule has 2 atom stereocenters. The molecule has 0 aliphatic carbocycles. The van der Waals surface area contributed by atoms with Crippen LogP contribution in [-0.2, 0) is 9.84 Å². The van der Waals surface area contributed by atoms with Gasteiger partial charge in [0.15, 0.2) is 0 Å². The molecule has 2 aromatic carbocycles. The summed E-state index contributed by atoms with van der Waals surface area (Å²) in [4.78, 5) is 0.542. The molecule has 3 nitrogen and oxygen atoms in total. The average molecular weight is 304 g/mol. The molecule has 0 aromatic heterocycles. The third-order valence-electron chi connectivity index (χ3n) is 3.75. The van der Waals surface area contributed by atoms with E-state index in [1.165, 1.54) is 0 Å². The topological polar surface area (TPSA) is 54.4 Å². The molecule has 21 heavy (non-hydrogen) atoms. The van der Waals surface area contributed by atoms with Crippen LogP contribution in [-0.4, -0.2) is 19.6 Å². The first-order valence-electron chi connectivity index (χ1n) is 6.93. The zero-order valence-corrected chi connectivity index (χ0v) is 13.3. The third kappa shape index (κ3) is 3.17. The van der Waals surface area contributed by atoms with E-state index >= 15 is 0 Å². The van der Waals surface area contributed by atoms with Crippen LogP contribution < -0.4 is 0 Å². The molecule has 0 bridgehead atoms. The van der Waals surface area contributed by atoms with Gasteiger partial charge in [-0.1, -0.05) is 42.8 Å². The van der Waals surface area contributed by atoms with Crippen molar-refractivity contribution in [3.8, 4) is 0 Å².